The summed E-state index contributed by atoms with van der Waals surface area (Å²) in [5, 5.41) is 3.08. The van der Waals surface area contributed by atoms with Crippen LogP contribution in [-0.2, 0) is 9.53 Å². The van der Waals surface area contributed by atoms with Gasteiger partial charge >= 0.3 is 0 Å². The summed E-state index contributed by atoms with van der Waals surface area (Å²) in [5.74, 6) is -0.972. The Hall–Kier alpha value is -1.63. The summed E-state index contributed by atoms with van der Waals surface area (Å²) in [6.07, 6.45) is 4.88. The monoisotopic (exact) mass is 412 g/mol. The lowest BCUT2D eigenvalue weighted by Crippen LogP contribution is -2.41. The van der Waals surface area contributed by atoms with Gasteiger partial charge in [0.1, 0.15) is 6.54 Å². The molecule has 0 unspecified atom stereocenters. The summed E-state index contributed by atoms with van der Waals surface area (Å²) in [6.45, 7) is 2.58. The summed E-state index contributed by atoms with van der Waals surface area (Å²) in [4.78, 5) is 37.8. The van der Waals surface area contributed by atoms with Gasteiger partial charge in [0, 0.05) is 6.54 Å². The van der Waals surface area contributed by atoms with Crippen molar-refractivity contribution in [3.05, 3.63) is 33.3 Å². The van der Waals surface area contributed by atoms with Gasteiger partial charge < -0.3 is 10.1 Å². The van der Waals surface area contributed by atoms with E-state index in [1.54, 1.807) is 0 Å². The molecule has 1 aliphatic carbocycles. The lowest BCUT2D eigenvalue weighted by molar-refractivity contribution is -0.121. The van der Waals surface area contributed by atoms with E-state index in [4.69, 9.17) is 27.9 Å². The molecule has 8 heteroatoms. The maximum atomic E-state index is 12.4. The quantitative estimate of drug-likeness (QED) is 0.574. The Morgan fingerprint density at radius 1 is 1.15 bits per heavy atom. The number of hydrogen-bond donors (Lipinski definition) is 1. The highest BCUT2D eigenvalue weighted by atomic mass is 35.5. The van der Waals surface area contributed by atoms with Gasteiger partial charge in [-0.25, -0.2) is 0 Å². The Bertz CT molecular complexity index is 727. The van der Waals surface area contributed by atoms with E-state index in [9.17, 15) is 14.4 Å². The fourth-order valence-electron chi connectivity index (χ4n) is 3.56. The normalized spacial score (nSPS) is 22.1. The molecule has 3 rings (SSSR count). The van der Waals surface area contributed by atoms with Crippen molar-refractivity contribution in [1.29, 1.82) is 0 Å². The summed E-state index contributed by atoms with van der Waals surface area (Å²) in [6, 6.07) is 2.72. The highest BCUT2D eigenvalue weighted by Crippen LogP contribution is 2.31. The van der Waals surface area contributed by atoms with Crippen molar-refractivity contribution in [3.63, 3.8) is 0 Å². The number of fused-ring (bicyclic) bond motifs is 1. The molecule has 0 bridgehead atoms. The highest BCUT2D eigenvalue weighted by molar-refractivity contribution is 6.43. The van der Waals surface area contributed by atoms with Crippen LogP contribution in [0.25, 0.3) is 0 Å². The van der Waals surface area contributed by atoms with E-state index in [0.29, 0.717) is 19.1 Å². The van der Waals surface area contributed by atoms with Gasteiger partial charge in [0.2, 0.25) is 5.91 Å². The number of nitrogens with zero attached hydrogens (tertiary/aromatic N) is 1. The average Bonchev–Trinajstić information content (AvgIpc) is 2.85. The summed E-state index contributed by atoms with van der Waals surface area (Å²) < 4.78 is 5.84. The maximum Gasteiger partial charge on any atom is 0.262 e. The van der Waals surface area contributed by atoms with Crippen LogP contribution in [0.2, 0.25) is 10.0 Å². The lowest BCUT2D eigenvalue weighted by atomic mass is 9.88. The van der Waals surface area contributed by atoms with Crippen molar-refractivity contribution in [1.82, 2.24) is 10.2 Å². The van der Waals surface area contributed by atoms with Crippen molar-refractivity contribution in [2.45, 2.75) is 38.7 Å². The summed E-state index contributed by atoms with van der Waals surface area (Å²) >= 11 is 11.8. The zero-order valence-electron chi connectivity index (χ0n) is 15.1. The number of benzene rings is 1. The number of nitrogens with one attached hydrogen (secondary N) is 1. The first-order valence-electron chi connectivity index (χ1n) is 9.12. The van der Waals surface area contributed by atoms with Gasteiger partial charge in [-0.05, 0) is 30.9 Å². The smallest absolute Gasteiger partial charge is 0.262 e. The third-order valence-electron chi connectivity index (χ3n) is 5.10. The average molecular weight is 413 g/mol. The first kappa shape index (κ1) is 20.1. The van der Waals surface area contributed by atoms with E-state index in [1.807, 2.05) is 0 Å². The minimum atomic E-state index is -0.545. The minimum Gasteiger partial charge on any atom is -0.376 e. The predicted molar refractivity (Wildman–Crippen MR) is 102 cm³/mol. The summed E-state index contributed by atoms with van der Waals surface area (Å²) in [5.41, 5.74) is 0.327. The Morgan fingerprint density at radius 2 is 1.74 bits per heavy atom. The van der Waals surface area contributed by atoms with Gasteiger partial charge in [0.15, 0.2) is 0 Å². The second-order valence-electron chi connectivity index (χ2n) is 7.03. The highest BCUT2D eigenvalue weighted by Gasteiger charge is 2.37. The largest absolute Gasteiger partial charge is 0.376 e. The van der Waals surface area contributed by atoms with Crippen LogP contribution in [0.1, 0.15) is 53.3 Å². The molecule has 2 atom stereocenters. The SMILES string of the molecule is C[C@@H]1CCCC[C@H]1OCCNC(=O)CN1C(=O)c2cc(Cl)c(Cl)cc2C1=O. The van der Waals surface area contributed by atoms with Crippen LogP contribution in [0.5, 0.6) is 0 Å². The molecule has 1 saturated carbocycles. The minimum absolute atomic E-state index is 0.164. The van der Waals surface area contributed by atoms with Crippen LogP contribution in [0.15, 0.2) is 12.1 Å². The topological polar surface area (TPSA) is 75.7 Å². The standard InChI is InChI=1S/C19H22Cl2N2O4/c1-11-4-2-3-5-16(11)27-7-6-22-17(24)10-23-18(25)12-8-14(20)15(21)9-13(12)19(23)26/h8-9,11,16H,2-7,10H2,1H3,(H,22,24)/t11-,16-/m1/s1. The van der Waals surface area contributed by atoms with E-state index < -0.39 is 17.7 Å². The molecule has 0 aromatic heterocycles. The molecule has 1 aromatic carbocycles. The van der Waals surface area contributed by atoms with E-state index in [1.165, 1.54) is 31.4 Å². The number of hydrogen-bond acceptors (Lipinski definition) is 4. The van der Waals surface area contributed by atoms with Crippen molar-refractivity contribution >= 4 is 40.9 Å². The molecule has 3 amide bonds. The van der Waals surface area contributed by atoms with Gasteiger partial charge in [-0.1, -0.05) is 43.0 Å². The summed E-state index contributed by atoms with van der Waals surface area (Å²) in [7, 11) is 0. The molecule has 27 heavy (non-hydrogen) atoms. The molecule has 1 aliphatic heterocycles. The molecule has 1 aromatic rings. The first-order valence-corrected chi connectivity index (χ1v) is 9.87. The van der Waals surface area contributed by atoms with Crippen molar-refractivity contribution in [3.8, 4) is 0 Å². The second kappa shape index (κ2) is 8.59. The number of amides is 3. The maximum absolute atomic E-state index is 12.4. The predicted octanol–water partition coefficient (Wildman–Crippen LogP) is 3.30. The molecule has 0 saturated heterocycles. The molecule has 0 spiro atoms. The number of halogens is 2. The van der Waals surface area contributed by atoms with Crippen LogP contribution in [0.4, 0.5) is 0 Å². The van der Waals surface area contributed by atoms with E-state index in [0.717, 1.165) is 11.3 Å². The Morgan fingerprint density at radius 3 is 2.33 bits per heavy atom. The van der Waals surface area contributed by atoms with Crippen LogP contribution in [-0.4, -0.2) is 48.4 Å². The van der Waals surface area contributed by atoms with Gasteiger partial charge in [0.25, 0.3) is 11.8 Å². The Balaban J connectivity index is 1.48. The fourth-order valence-corrected chi connectivity index (χ4v) is 3.88. The van der Waals surface area contributed by atoms with Gasteiger partial charge in [-0.3, -0.25) is 19.3 Å². The molecule has 1 N–H and O–H groups in total. The third kappa shape index (κ3) is 4.45. The number of imide groups is 1. The molecular weight excluding hydrogens is 391 g/mol. The first-order chi connectivity index (χ1) is 12.9. The molecule has 0 radical (unpaired) electrons. The van der Waals surface area contributed by atoms with Crippen molar-refractivity contribution in [2.24, 2.45) is 5.92 Å². The van der Waals surface area contributed by atoms with Crippen LogP contribution < -0.4 is 5.32 Å². The van der Waals surface area contributed by atoms with Crippen molar-refractivity contribution < 1.29 is 19.1 Å². The second-order valence-corrected chi connectivity index (χ2v) is 7.84. The van der Waals surface area contributed by atoms with Crippen LogP contribution >= 0.6 is 23.2 Å². The van der Waals surface area contributed by atoms with E-state index >= 15 is 0 Å². The number of carbonyl (C=O) groups is 3. The van der Waals surface area contributed by atoms with Crippen LogP contribution in [0.3, 0.4) is 0 Å². The molecule has 146 valence electrons. The van der Waals surface area contributed by atoms with Crippen LogP contribution in [0, 0.1) is 5.92 Å². The van der Waals surface area contributed by atoms with Gasteiger partial charge in [-0.2, -0.15) is 0 Å². The molecule has 6 nitrogen and oxygen atoms in total. The zero-order valence-corrected chi connectivity index (χ0v) is 16.6. The van der Waals surface area contributed by atoms with Crippen molar-refractivity contribution in [2.75, 3.05) is 19.7 Å². The fraction of sp³-hybridized carbons (Fsp3) is 0.526. The molecule has 1 heterocycles. The molecular formula is C19H22Cl2N2O4. The van der Waals surface area contributed by atoms with Gasteiger partial charge in [-0.15, -0.1) is 0 Å². The Kier molecular flexibility index (Phi) is 6.40. The molecule has 2 aliphatic rings. The van der Waals surface area contributed by atoms with E-state index in [-0.39, 0.29) is 33.8 Å². The van der Waals surface area contributed by atoms with E-state index in [2.05, 4.69) is 12.2 Å². The van der Waals surface area contributed by atoms with Gasteiger partial charge in [0.05, 0.1) is 33.9 Å². The lowest BCUT2D eigenvalue weighted by Gasteiger charge is -2.28. The zero-order chi connectivity index (χ0) is 19.6. The molecule has 1 fully saturated rings. The Labute approximate surface area is 168 Å². The number of carbonyl (C=O) groups excluding carboxylic acids is 3. The number of rotatable bonds is 6. The third-order valence-corrected chi connectivity index (χ3v) is 5.82. The number of ether oxygens (including phenoxy) is 1.